The highest BCUT2D eigenvalue weighted by Gasteiger charge is 2.23. The number of aliphatic hydroxyl groups is 2. The molecule has 0 bridgehead atoms. The van der Waals surface area contributed by atoms with E-state index in [9.17, 15) is 15.0 Å². The quantitative estimate of drug-likeness (QED) is 0.549. The van der Waals surface area contributed by atoms with E-state index in [4.69, 9.17) is 23.2 Å². The average molecular weight is 379 g/mol. The molecule has 2 unspecified atom stereocenters. The van der Waals surface area contributed by atoms with Gasteiger partial charge in [-0.25, -0.2) is 0 Å². The first-order chi connectivity index (χ1) is 12.0. The number of aliphatic hydroxyl groups excluding tert-OH is 2. The average Bonchev–Trinajstić information content (AvgIpc) is 3.02. The molecular weight excluding hydrogens is 363 g/mol. The van der Waals surface area contributed by atoms with E-state index < -0.39 is 24.7 Å². The van der Waals surface area contributed by atoms with Crippen LogP contribution in [-0.4, -0.2) is 33.8 Å². The zero-order valence-corrected chi connectivity index (χ0v) is 14.6. The van der Waals surface area contributed by atoms with Gasteiger partial charge in [0.25, 0.3) is 5.91 Å². The second-order valence-electron chi connectivity index (χ2n) is 5.67. The van der Waals surface area contributed by atoms with Crippen molar-refractivity contribution in [2.45, 2.75) is 12.1 Å². The molecule has 0 aliphatic carbocycles. The summed E-state index contributed by atoms with van der Waals surface area (Å²) in [5, 5.41) is 24.5. The van der Waals surface area contributed by atoms with E-state index in [1.165, 1.54) is 0 Å². The minimum absolute atomic E-state index is 0.319. The van der Waals surface area contributed by atoms with Crippen molar-refractivity contribution < 1.29 is 15.0 Å². The van der Waals surface area contributed by atoms with Gasteiger partial charge in [0.15, 0.2) is 0 Å². The van der Waals surface area contributed by atoms with Crippen LogP contribution in [0.5, 0.6) is 0 Å². The number of hydrogen-bond acceptors (Lipinski definition) is 3. The lowest BCUT2D eigenvalue weighted by Crippen LogP contribution is -2.42. The van der Waals surface area contributed by atoms with Crippen LogP contribution >= 0.6 is 23.2 Å². The first-order valence-electron chi connectivity index (χ1n) is 7.61. The second kappa shape index (κ2) is 7.45. The lowest BCUT2D eigenvalue weighted by molar-refractivity contribution is 0.0700. The third-order valence-electron chi connectivity index (χ3n) is 3.93. The highest BCUT2D eigenvalue weighted by atomic mass is 35.5. The summed E-state index contributed by atoms with van der Waals surface area (Å²) in [6.07, 6.45) is -1.06. The van der Waals surface area contributed by atoms with Crippen LogP contribution < -0.4 is 5.32 Å². The van der Waals surface area contributed by atoms with Gasteiger partial charge in [0, 0.05) is 20.9 Å². The molecule has 130 valence electrons. The monoisotopic (exact) mass is 378 g/mol. The molecule has 0 fully saturated rings. The van der Waals surface area contributed by atoms with E-state index >= 15 is 0 Å². The van der Waals surface area contributed by atoms with Gasteiger partial charge in [-0.2, -0.15) is 0 Å². The predicted octanol–water partition coefficient (Wildman–Crippen LogP) is 3.30. The maximum absolute atomic E-state index is 12.4. The van der Waals surface area contributed by atoms with Gasteiger partial charge in [0.2, 0.25) is 0 Å². The summed E-state index contributed by atoms with van der Waals surface area (Å²) >= 11 is 11.8. The number of fused-ring (bicyclic) bond motifs is 1. The molecule has 0 aliphatic rings. The maximum Gasteiger partial charge on any atom is 0.268 e. The smallest absolute Gasteiger partial charge is 0.268 e. The standard InChI is InChI=1S/C18H16Cl2N2O3/c19-12-3-1-10(2-4-12)17(24)16(9-23)22-18(25)15-8-11-7-13(20)5-6-14(11)21-15/h1-8,16-17,21,23-24H,9H2,(H,22,25). The summed E-state index contributed by atoms with van der Waals surface area (Å²) in [6.45, 7) is -0.415. The van der Waals surface area contributed by atoms with E-state index in [0.717, 1.165) is 10.9 Å². The Morgan fingerprint density at radius 3 is 2.44 bits per heavy atom. The fourth-order valence-electron chi connectivity index (χ4n) is 2.59. The Labute approximate surface area is 154 Å². The van der Waals surface area contributed by atoms with Gasteiger partial charge in [-0.05, 0) is 42.0 Å². The second-order valence-corrected chi connectivity index (χ2v) is 6.55. The molecule has 7 heteroatoms. The summed E-state index contributed by atoms with van der Waals surface area (Å²) in [6, 6.07) is 12.6. The van der Waals surface area contributed by atoms with Gasteiger partial charge in [-0.15, -0.1) is 0 Å². The molecule has 2 atom stereocenters. The lowest BCUT2D eigenvalue weighted by atomic mass is 10.0. The Morgan fingerprint density at radius 1 is 1.08 bits per heavy atom. The number of carbonyl (C=O) groups excluding carboxylic acids is 1. The van der Waals surface area contributed by atoms with Crippen LogP contribution in [0, 0.1) is 0 Å². The van der Waals surface area contributed by atoms with E-state index in [-0.39, 0.29) is 0 Å². The number of H-pyrrole nitrogens is 1. The zero-order valence-electron chi connectivity index (χ0n) is 13.0. The molecule has 0 saturated heterocycles. The van der Waals surface area contributed by atoms with Gasteiger partial charge in [-0.1, -0.05) is 35.3 Å². The summed E-state index contributed by atoms with van der Waals surface area (Å²) in [4.78, 5) is 15.4. The molecule has 2 aromatic carbocycles. The van der Waals surface area contributed by atoms with Crippen LogP contribution in [0.1, 0.15) is 22.2 Å². The number of halogens is 2. The van der Waals surface area contributed by atoms with E-state index in [2.05, 4.69) is 10.3 Å². The van der Waals surface area contributed by atoms with Crippen molar-refractivity contribution in [2.24, 2.45) is 0 Å². The Morgan fingerprint density at radius 2 is 1.76 bits per heavy atom. The van der Waals surface area contributed by atoms with Crippen molar-refractivity contribution in [3.63, 3.8) is 0 Å². The molecule has 1 aromatic heterocycles. The molecule has 0 aliphatic heterocycles. The van der Waals surface area contributed by atoms with Gasteiger partial charge >= 0.3 is 0 Å². The van der Waals surface area contributed by atoms with Crippen molar-refractivity contribution in [1.82, 2.24) is 10.3 Å². The largest absolute Gasteiger partial charge is 0.394 e. The molecular formula is C18H16Cl2N2O3. The van der Waals surface area contributed by atoms with Crippen LogP contribution in [0.25, 0.3) is 10.9 Å². The van der Waals surface area contributed by atoms with Crippen molar-refractivity contribution in [2.75, 3.05) is 6.61 Å². The van der Waals surface area contributed by atoms with Gasteiger partial charge < -0.3 is 20.5 Å². The zero-order chi connectivity index (χ0) is 18.0. The highest BCUT2D eigenvalue weighted by molar-refractivity contribution is 6.31. The van der Waals surface area contributed by atoms with Crippen LogP contribution in [0.2, 0.25) is 10.0 Å². The Kier molecular flexibility index (Phi) is 5.30. The topological polar surface area (TPSA) is 85.3 Å². The first kappa shape index (κ1) is 17.8. The molecule has 1 amide bonds. The van der Waals surface area contributed by atoms with Crippen LogP contribution in [-0.2, 0) is 0 Å². The van der Waals surface area contributed by atoms with Gasteiger partial charge in [-0.3, -0.25) is 4.79 Å². The summed E-state index contributed by atoms with van der Waals surface area (Å²) in [5.74, 6) is -0.431. The fraction of sp³-hybridized carbons (Fsp3) is 0.167. The fourth-order valence-corrected chi connectivity index (χ4v) is 2.90. The Hall–Kier alpha value is -2.05. The Bertz CT molecular complexity index is 893. The number of amides is 1. The molecule has 0 spiro atoms. The number of aromatic nitrogens is 1. The predicted molar refractivity (Wildman–Crippen MR) is 98.1 cm³/mol. The van der Waals surface area contributed by atoms with E-state index in [1.54, 1.807) is 48.5 Å². The van der Waals surface area contributed by atoms with Crippen LogP contribution in [0.4, 0.5) is 0 Å². The van der Waals surface area contributed by atoms with E-state index in [1.807, 2.05) is 0 Å². The van der Waals surface area contributed by atoms with E-state index in [0.29, 0.717) is 21.3 Å². The van der Waals surface area contributed by atoms with Crippen LogP contribution in [0.3, 0.4) is 0 Å². The highest BCUT2D eigenvalue weighted by Crippen LogP contribution is 2.22. The minimum Gasteiger partial charge on any atom is -0.394 e. The molecule has 25 heavy (non-hydrogen) atoms. The van der Waals surface area contributed by atoms with Crippen molar-refractivity contribution >= 4 is 40.0 Å². The van der Waals surface area contributed by atoms with Crippen molar-refractivity contribution in [3.05, 3.63) is 69.8 Å². The summed E-state index contributed by atoms with van der Waals surface area (Å²) < 4.78 is 0. The lowest BCUT2D eigenvalue weighted by Gasteiger charge is -2.22. The number of aromatic amines is 1. The van der Waals surface area contributed by atoms with Crippen molar-refractivity contribution in [3.8, 4) is 0 Å². The number of benzene rings is 2. The maximum atomic E-state index is 12.4. The first-order valence-corrected chi connectivity index (χ1v) is 8.37. The number of carbonyl (C=O) groups is 1. The van der Waals surface area contributed by atoms with Crippen LogP contribution in [0.15, 0.2) is 48.5 Å². The number of rotatable bonds is 5. The normalized spacial score (nSPS) is 13.6. The third kappa shape index (κ3) is 3.96. The number of hydrogen-bond donors (Lipinski definition) is 4. The Balaban J connectivity index is 1.77. The molecule has 1 heterocycles. The molecule has 0 saturated carbocycles. The summed E-state index contributed by atoms with van der Waals surface area (Å²) in [7, 11) is 0. The van der Waals surface area contributed by atoms with Crippen molar-refractivity contribution in [1.29, 1.82) is 0 Å². The molecule has 4 N–H and O–H groups in total. The molecule has 5 nitrogen and oxygen atoms in total. The summed E-state index contributed by atoms with van der Waals surface area (Å²) in [5.41, 5.74) is 1.64. The minimum atomic E-state index is -1.06. The van der Waals surface area contributed by atoms with Gasteiger partial charge in [0.1, 0.15) is 11.8 Å². The molecule has 3 rings (SSSR count). The SMILES string of the molecule is O=C(NC(CO)C(O)c1ccc(Cl)cc1)c1cc2cc(Cl)ccc2[nH]1. The van der Waals surface area contributed by atoms with Gasteiger partial charge in [0.05, 0.1) is 12.6 Å². The molecule has 3 aromatic rings. The third-order valence-corrected chi connectivity index (χ3v) is 4.42. The number of nitrogens with one attached hydrogen (secondary N) is 2. The molecule has 0 radical (unpaired) electrons.